The molecule has 1 unspecified atom stereocenters. The average molecular weight is 484 g/mol. The largest absolute Gasteiger partial charge is 0.302 e. The van der Waals surface area contributed by atoms with E-state index in [0.717, 1.165) is 10.3 Å². The zero-order valence-electron chi connectivity index (χ0n) is 16.1. The summed E-state index contributed by atoms with van der Waals surface area (Å²) in [5.41, 5.74) is 1.53. The first-order valence-corrected chi connectivity index (χ1v) is 12.4. The number of aryl methyl sites for hydroxylation is 1. The number of anilines is 1. The van der Waals surface area contributed by atoms with Crippen LogP contribution in [0, 0.1) is 12.8 Å². The summed E-state index contributed by atoms with van der Waals surface area (Å²) in [6, 6.07) is 10.2. The molecule has 1 fully saturated rings. The standard InChI is InChI=1S/C20H19Cl2N3O3S2/c1-12-4-6-14(7-5-12)30(27,28)25-10-2-3-13(11-25)19(26)24-20-23-18-16(29-20)9-8-15(21)17(18)22/h4-9,13H,2-3,10-11H2,1H3,(H,23,24,26). The highest BCUT2D eigenvalue weighted by Gasteiger charge is 2.33. The second-order valence-electron chi connectivity index (χ2n) is 7.23. The van der Waals surface area contributed by atoms with E-state index in [1.54, 1.807) is 36.4 Å². The number of rotatable bonds is 4. The molecule has 30 heavy (non-hydrogen) atoms. The van der Waals surface area contributed by atoms with Gasteiger partial charge >= 0.3 is 0 Å². The number of sulfonamides is 1. The van der Waals surface area contributed by atoms with E-state index < -0.39 is 15.9 Å². The number of thiazole rings is 1. The molecule has 2 aromatic carbocycles. The van der Waals surface area contributed by atoms with E-state index in [2.05, 4.69) is 10.3 Å². The zero-order valence-corrected chi connectivity index (χ0v) is 19.2. The second-order valence-corrected chi connectivity index (χ2v) is 11.0. The molecule has 0 bridgehead atoms. The number of carbonyl (C=O) groups excluding carboxylic acids is 1. The number of amides is 1. The first kappa shape index (κ1) is 21.5. The predicted octanol–water partition coefficient (Wildman–Crippen LogP) is 4.95. The number of hydrogen-bond donors (Lipinski definition) is 1. The van der Waals surface area contributed by atoms with E-state index in [1.807, 2.05) is 6.92 Å². The van der Waals surface area contributed by atoms with Gasteiger partial charge in [0.05, 0.1) is 25.6 Å². The van der Waals surface area contributed by atoms with Crippen LogP contribution < -0.4 is 5.32 Å². The molecule has 0 spiro atoms. The van der Waals surface area contributed by atoms with E-state index >= 15 is 0 Å². The summed E-state index contributed by atoms with van der Waals surface area (Å²) >= 11 is 13.5. The third-order valence-corrected chi connectivity index (χ3v) is 8.71. The Morgan fingerprint density at radius 2 is 1.93 bits per heavy atom. The summed E-state index contributed by atoms with van der Waals surface area (Å²) in [5.74, 6) is -0.704. The van der Waals surface area contributed by atoms with Crippen LogP contribution >= 0.6 is 34.5 Å². The summed E-state index contributed by atoms with van der Waals surface area (Å²) in [6.07, 6.45) is 1.23. The Kier molecular flexibility index (Phi) is 6.05. The van der Waals surface area contributed by atoms with Gasteiger partial charge in [-0.25, -0.2) is 13.4 Å². The Morgan fingerprint density at radius 3 is 2.67 bits per heavy atom. The number of carbonyl (C=O) groups is 1. The van der Waals surface area contributed by atoms with Crippen molar-refractivity contribution in [2.45, 2.75) is 24.7 Å². The minimum atomic E-state index is -3.64. The molecular formula is C20H19Cl2N3O3S2. The number of piperidine rings is 1. The van der Waals surface area contributed by atoms with Crippen LogP contribution in [-0.2, 0) is 14.8 Å². The summed E-state index contributed by atoms with van der Waals surface area (Å²) in [6.45, 7) is 2.44. The predicted molar refractivity (Wildman–Crippen MR) is 121 cm³/mol. The van der Waals surface area contributed by atoms with E-state index in [4.69, 9.17) is 23.2 Å². The van der Waals surface area contributed by atoms with Crippen LogP contribution in [-0.4, -0.2) is 36.7 Å². The van der Waals surface area contributed by atoms with Gasteiger partial charge in [0.25, 0.3) is 0 Å². The number of fused-ring (bicyclic) bond motifs is 1. The van der Waals surface area contributed by atoms with Crippen molar-refractivity contribution in [2.24, 2.45) is 5.92 Å². The third-order valence-electron chi connectivity index (χ3n) is 5.10. The summed E-state index contributed by atoms with van der Waals surface area (Å²) < 4.78 is 28.1. The highest BCUT2D eigenvalue weighted by atomic mass is 35.5. The minimum Gasteiger partial charge on any atom is -0.302 e. The molecule has 2 heterocycles. The number of aromatic nitrogens is 1. The van der Waals surface area contributed by atoms with Crippen molar-refractivity contribution in [2.75, 3.05) is 18.4 Å². The quantitative estimate of drug-likeness (QED) is 0.568. The Morgan fingerprint density at radius 1 is 1.20 bits per heavy atom. The molecule has 1 aromatic heterocycles. The van der Waals surface area contributed by atoms with Crippen molar-refractivity contribution >= 4 is 65.8 Å². The van der Waals surface area contributed by atoms with E-state index in [0.29, 0.717) is 40.1 Å². The Bertz CT molecular complexity index is 1210. The van der Waals surface area contributed by atoms with Crippen molar-refractivity contribution < 1.29 is 13.2 Å². The number of benzene rings is 2. The monoisotopic (exact) mass is 483 g/mol. The average Bonchev–Trinajstić information content (AvgIpc) is 3.14. The molecule has 0 radical (unpaired) electrons. The second kappa shape index (κ2) is 8.43. The first-order chi connectivity index (χ1) is 14.3. The van der Waals surface area contributed by atoms with Gasteiger partial charge in [0.15, 0.2) is 5.13 Å². The topological polar surface area (TPSA) is 79.4 Å². The normalized spacial score (nSPS) is 17.9. The lowest BCUT2D eigenvalue weighted by Crippen LogP contribution is -2.43. The summed E-state index contributed by atoms with van der Waals surface area (Å²) in [5, 5.41) is 3.97. The van der Waals surface area contributed by atoms with Gasteiger partial charge in [0.1, 0.15) is 5.52 Å². The van der Waals surface area contributed by atoms with Crippen LogP contribution in [0.25, 0.3) is 10.2 Å². The maximum Gasteiger partial charge on any atom is 0.243 e. The molecule has 1 atom stereocenters. The van der Waals surface area contributed by atoms with Gasteiger partial charge in [-0.1, -0.05) is 52.2 Å². The molecule has 1 saturated heterocycles. The van der Waals surface area contributed by atoms with Gasteiger partial charge in [-0.2, -0.15) is 4.31 Å². The summed E-state index contributed by atoms with van der Waals surface area (Å²) in [7, 11) is -3.64. The van der Waals surface area contributed by atoms with Crippen LogP contribution in [0.1, 0.15) is 18.4 Å². The van der Waals surface area contributed by atoms with Crippen molar-refractivity contribution in [3.8, 4) is 0 Å². The zero-order chi connectivity index (χ0) is 21.5. The summed E-state index contributed by atoms with van der Waals surface area (Å²) in [4.78, 5) is 17.4. The van der Waals surface area contributed by atoms with Gasteiger partial charge < -0.3 is 5.32 Å². The molecule has 1 aliphatic rings. The molecule has 1 amide bonds. The van der Waals surface area contributed by atoms with Crippen LogP contribution in [0.15, 0.2) is 41.3 Å². The third kappa shape index (κ3) is 4.20. The maximum absolute atomic E-state index is 13.0. The van der Waals surface area contributed by atoms with Gasteiger partial charge in [-0.15, -0.1) is 0 Å². The lowest BCUT2D eigenvalue weighted by atomic mass is 9.99. The first-order valence-electron chi connectivity index (χ1n) is 9.38. The molecule has 3 aromatic rings. The van der Waals surface area contributed by atoms with Crippen LogP contribution in [0.4, 0.5) is 5.13 Å². The molecule has 4 rings (SSSR count). The number of hydrogen-bond acceptors (Lipinski definition) is 5. The Hall–Kier alpha value is -1.71. The molecule has 0 aliphatic carbocycles. The van der Waals surface area contributed by atoms with Crippen molar-refractivity contribution in [3.63, 3.8) is 0 Å². The highest BCUT2D eigenvalue weighted by molar-refractivity contribution is 7.89. The molecule has 158 valence electrons. The van der Waals surface area contributed by atoms with Gasteiger partial charge in [-0.05, 0) is 44.0 Å². The fourth-order valence-corrected chi connectivity index (χ4v) is 6.25. The lowest BCUT2D eigenvalue weighted by Gasteiger charge is -2.31. The molecule has 10 heteroatoms. The Balaban J connectivity index is 1.50. The number of nitrogens with one attached hydrogen (secondary N) is 1. The smallest absolute Gasteiger partial charge is 0.243 e. The number of nitrogens with zero attached hydrogens (tertiary/aromatic N) is 2. The molecule has 0 saturated carbocycles. The van der Waals surface area contributed by atoms with Crippen molar-refractivity contribution in [1.82, 2.24) is 9.29 Å². The van der Waals surface area contributed by atoms with Crippen molar-refractivity contribution in [3.05, 3.63) is 52.0 Å². The molecule has 1 N–H and O–H groups in total. The molecule has 1 aliphatic heterocycles. The molecular weight excluding hydrogens is 465 g/mol. The minimum absolute atomic E-state index is 0.138. The van der Waals surface area contributed by atoms with E-state index in [-0.39, 0.29) is 17.3 Å². The van der Waals surface area contributed by atoms with Crippen LogP contribution in [0.2, 0.25) is 10.0 Å². The van der Waals surface area contributed by atoms with E-state index in [1.165, 1.54) is 15.6 Å². The van der Waals surface area contributed by atoms with Crippen molar-refractivity contribution in [1.29, 1.82) is 0 Å². The van der Waals surface area contributed by atoms with Gasteiger partial charge in [0.2, 0.25) is 15.9 Å². The van der Waals surface area contributed by atoms with Gasteiger partial charge in [0, 0.05) is 13.1 Å². The lowest BCUT2D eigenvalue weighted by molar-refractivity contribution is -0.120. The van der Waals surface area contributed by atoms with Crippen LogP contribution in [0.3, 0.4) is 0 Å². The maximum atomic E-state index is 13.0. The molecule has 6 nitrogen and oxygen atoms in total. The number of halogens is 2. The SMILES string of the molecule is Cc1ccc(S(=O)(=O)N2CCCC(C(=O)Nc3nc4c(Cl)c(Cl)ccc4s3)C2)cc1. The fourth-order valence-electron chi connectivity index (χ4n) is 3.43. The Labute approximate surface area is 188 Å². The van der Waals surface area contributed by atoms with Gasteiger partial charge in [-0.3, -0.25) is 4.79 Å². The fraction of sp³-hybridized carbons (Fsp3) is 0.300. The highest BCUT2D eigenvalue weighted by Crippen LogP contribution is 2.35. The van der Waals surface area contributed by atoms with E-state index in [9.17, 15) is 13.2 Å². The van der Waals surface area contributed by atoms with Crippen LogP contribution in [0.5, 0.6) is 0 Å².